The van der Waals surface area contributed by atoms with Crippen LogP contribution < -0.4 is 10.0 Å². The second-order valence-electron chi connectivity index (χ2n) is 15.1. The van der Waals surface area contributed by atoms with Gasteiger partial charge < -0.3 is 15.0 Å². The van der Waals surface area contributed by atoms with E-state index in [4.69, 9.17) is 9.73 Å². The predicted molar refractivity (Wildman–Crippen MR) is 236 cm³/mol. The van der Waals surface area contributed by atoms with Crippen molar-refractivity contribution in [3.05, 3.63) is 146 Å². The number of halogens is 2. The van der Waals surface area contributed by atoms with Crippen LogP contribution in [0.3, 0.4) is 0 Å². The number of ether oxygens (including phenoxy) is 1. The predicted octanol–water partition coefficient (Wildman–Crippen LogP) is 8.86. The summed E-state index contributed by atoms with van der Waals surface area (Å²) >= 11 is 1.56. The van der Waals surface area contributed by atoms with Crippen LogP contribution in [0.2, 0.25) is 0 Å². The Morgan fingerprint density at radius 1 is 0.984 bits per heavy atom. The maximum Gasteiger partial charge on any atom is 0.308 e. The molecule has 0 fully saturated rings. The molecule has 0 spiro atoms. The topological polar surface area (TPSA) is 184 Å². The summed E-state index contributed by atoms with van der Waals surface area (Å²) in [5, 5.41) is 22.4. The number of aliphatic imine (C=N–C) groups is 1. The standard InChI is InChI=1S/C46H40F2N8O5S2/c1-7-27-14-19-35(43-39(27)31(21-49)22-50-43)55-63(59,60)32-15-12-28(13-16-32)24(3)51-45(58)34-18-17-33(40(47)41(34)48)29-8-10-30(11-9-29)42-38-23(2)25(4)62-46(38)56-26(5)53-54-44(56)36(52-42)20-37(57)61-6/h8-19,22,24,36,50,55H,7,20H2,1-6H3,(H,51,58)/t24-,36+/m1/s1. The van der Waals surface area contributed by atoms with Gasteiger partial charge in [0.1, 0.15) is 22.9 Å². The number of rotatable bonds is 11. The first-order valence-electron chi connectivity index (χ1n) is 19.9. The van der Waals surface area contributed by atoms with Crippen molar-refractivity contribution in [2.75, 3.05) is 11.8 Å². The van der Waals surface area contributed by atoms with Crippen LogP contribution in [0.25, 0.3) is 27.0 Å². The number of hydrogen-bond acceptors (Lipinski definition) is 10. The number of anilines is 1. The van der Waals surface area contributed by atoms with Crippen LogP contribution in [-0.4, -0.2) is 52.9 Å². The van der Waals surface area contributed by atoms with Gasteiger partial charge in [-0.15, -0.1) is 21.5 Å². The van der Waals surface area contributed by atoms with Gasteiger partial charge in [0, 0.05) is 33.2 Å². The maximum atomic E-state index is 15.8. The minimum Gasteiger partial charge on any atom is -0.469 e. The number of H-pyrrole nitrogens is 1. The summed E-state index contributed by atoms with van der Waals surface area (Å²) in [6.45, 7) is 9.42. The Bertz CT molecular complexity index is 3170. The van der Waals surface area contributed by atoms with Crippen LogP contribution in [0.1, 0.15) is 92.6 Å². The highest BCUT2D eigenvalue weighted by Gasteiger charge is 2.33. The van der Waals surface area contributed by atoms with Crippen molar-refractivity contribution in [1.29, 1.82) is 5.26 Å². The number of aryl methyl sites for hydroxylation is 3. The van der Waals surface area contributed by atoms with Crippen LogP contribution in [-0.2, 0) is 26.0 Å². The number of amides is 1. The van der Waals surface area contributed by atoms with Gasteiger partial charge in [0.05, 0.1) is 52.5 Å². The van der Waals surface area contributed by atoms with E-state index in [2.05, 4.69) is 31.3 Å². The molecule has 0 saturated heterocycles. The summed E-state index contributed by atoms with van der Waals surface area (Å²) in [7, 11) is -2.75. The average molecular weight is 887 g/mol. The molecule has 4 aromatic carbocycles. The largest absolute Gasteiger partial charge is 0.469 e. The van der Waals surface area contributed by atoms with Crippen molar-refractivity contribution in [3.63, 3.8) is 0 Å². The number of esters is 1. The number of methoxy groups -OCH3 is 1. The van der Waals surface area contributed by atoms with Gasteiger partial charge in [-0.3, -0.25) is 23.9 Å². The molecule has 1 amide bonds. The highest BCUT2D eigenvalue weighted by molar-refractivity contribution is 7.92. The average Bonchev–Trinajstić information content (AvgIpc) is 3.95. The maximum absolute atomic E-state index is 15.8. The number of hydrogen-bond donors (Lipinski definition) is 3. The normalized spacial score (nSPS) is 14.0. The summed E-state index contributed by atoms with van der Waals surface area (Å²) < 4.78 is 67.9. The lowest BCUT2D eigenvalue weighted by molar-refractivity contribution is -0.141. The zero-order valence-electron chi connectivity index (χ0n) is 34.9. The lowest BCUT2D eigenvalue weighted by Gasteiger charge is -2.16. The van der Waals surface area contributed by atoms with E-state index in [9.17, 15) is 23.3 Å². The van der Waals surface area contributed by atoms with Gasteiger partial charge >= 0.3 is 5.97 Å². The number of aromatic nitrogens is 4. The zero-order chi connectivity index (χ0) is 44.9. The molecule has 1 aliphatic heterocycles. The number of benzene rings is 4. The number of nitriles is 1. The molecule has 13 nitrogen and oxygen atoms in total. The molecular weight excluding hydrogens is 847 g/mol. The lowest BCUT2D eigenvalue weighted by Crippen LogP contribution is -2.27. The number of thiophene rings is 1. The number of nitrogens with zero attached hydrogens (tertiary/aromatic N) is 5. The molecule has 3 aromatic heterocycles. The fourth-order valence-electron chi connectivity index (χ4n) is 7.81. The van der Waals surface area contributed by atoms with Gasteiger partial charge in [-0.05, 0) is 80.6 Å². The second kappa shape index (κ2) is 16.7. The molecule has 3 N–H and O–H groups in total. The zero-order valence-corrected chi connectivity index (χ0v) is 36.6. The van der Waals surface area contributed by atoms with E-state index in [-0.39, 0.29) is 22.6 Å². The molecule has 1 aliphatic rings. The second-order valence-corrected chi connectivity index (χ2v) is 18.0. The number of sulfonamides is 1. The first-order valence-corrected chi connectivity index (χ1v) is 22.2. The Morgan fingerprint density at radius 2 is 1.70 bits per heavy atom. The molecule has 0 unspecified atom stereocenters. The van der Waals surface area contributed by atoms with E-state index < -0.39 is 51.2 Å². The number of fused-ring (bicyclic) bond motifs is 4. The Labute approximate surface area is 365 Å². The number of carbonyl (C=O) groups excluding carboxylic acids is 2. The fraction of sp³-hybridized carbons (Fsp3) is 0.217. The van der Waals surface area contributed by atoms with Crippen molar-refractivity contribution in [2.24, 2.45) is 4.99 Å². The summed E-state index contributed by atoms with van der Waals surface area (Å²) in [6, 6.07) is 19.3. The Hall–Kier alpha value is -7.03. The highest BCUT2D eigenvalue weighted by Crippen LogP contribution is 2.40. The molecular formula is C46H40F2N8O5S2. The van der Waals surface area contributed by atoms with E-state index in [0.717, 1.165) is 26.6 Å². The third-order valence-electron chi connectivity index (χ3n) is 11.3. The molecule has 0 radical (unpaired) electrons. The third-order valence-corrected chi connectivity index (χ3v) is 13.9. The van der Waals surface area contributed by atoms with Gasteiger partial charge in [0.15, 0.2) is 17.5 Å². The molecule has 7 aromatic rings. The Kier molecular flexibility index (Phi) is 11.3. The van der Waals surface area contributed by atoms with E-state index in [0.29, 0.717) is 56.9 Å². The number of carbonyl (C=O) groups is 2. The Morgan fingerprint density at radius 3 is 2.38 bits per heavy atom. The van der Waals surface area contributed by atoms with Gasteiger partial charge in [0.2, 0.25) is 0 Å². The monoisotopic (exact) mass is 886 g/mol. The summed E-state index contributed by atoms with van der Waals surface area (Å²) in [4.78, 5) is 34.9. The lowest BCUT2D eigenvalue weighted by atomic mass is 9.96. The van der Waals surface area contributed by atoms with Crippen molar-refractivity contribution in [2.45, 2.75) is 64.4 Å². The quantitative estimate of drug-likeness (QED) is 0.108. The van der Waals surface area contributed by atoms with E-state index >= 15 is 8.78 Å². The molecule has 4 heterocycles. The minimum absolute atomic E-state index is 0.0481. The molecule has 17 heteroatoms. The number of aromatic amines is 1. The van der Waals surface area contributed by atoms with Crippen LogP contribution in [0.15, 0.2) is 88.9 Å². The first kappa shape index (κ1) is 42.7. The molecule has 0 bridgehead atoms. The van der Waals surface area contributed by atoms with E-state index in [1.807, 2.05) is 32.3 Å². The summed E-state index contributed by atoms with van der Waals surface area (Å²) in [6.07, 6.45) is 2.12. The van der Waals surface area contributed by atoms with Gasteiger partial charge in [-0.2, -0.15) is 5.26 Å². The molecule has 2 atom stereocenters. The summed E-state index contributed by atoms with van der Waals surface area (Å²) in [5.41, 5.74) is 5.52. The van der Waals surface area contributed by atoms with E-state index in [1.54, 1.807) is 54.7 Å². The van der Waals surface area contributed by atoms with Gasteiger partial charge in [-0.25, -0.2) is 17.2 Å². The highest BCUT2D eigenvalue weighted by atomic mass is 32.2. The summed E-state index contributed by atoms with van der Waals surface area (Å²) in [5.74, 6) is -2.72. The Balaban J connectivity index is 0.996. The van der Waals surface area contributed by atoms with Crippen molar-refractivity contribution < 1.29 is 31.5 Å². The smallest absolute Gasteiger partial charge is 0.308 e. The molecule has 63 heavy (non-hydrogen) atoms. The molecule has 0 aliphatic carbocycles. The van der Waals surface area contributed by atoms with Crippen molar-refractivity contribution in [1.82, 2.24) is 25.1 Å². The van der Waals surface area contributed by atoms with Crippen LogP contribution in [0, 0.1) is 43.7 Å². The molecule has 0 saturated carbocycles. The van der Waals surface area contributed by atoms with E-state index in [1.165, 1.54) is 49.7 Å². The van der Waals surface area contributed by atoms with Crippen LogP contribution in [0.4, 0.5) is 14.5 Å². The third kappa shape index (κ3) is 7.65. The van der Waals surface area contributed by atoms with Crippen LogP contribution >= 0.6 is 11.3 Å². The van der Waals surface area contributed by atoms with Crippen molar-refractivity contribution >= 4 is 55.5 Å². The number of nitrogens with one attached hydrogen (secondary N) is 3. The first-order chi connectivity index (χ1) is 30.1. The van der Waals surface area contributed by atoms with Crippen molar-refractivity contribution in [3.8, 4) is 22.2 Å². The molecule has 8 rings (SSSR count). The molecule has 320 valence electrons. The SMILES string of the molecule is CCc1ccc(NS(=O)(=O)c2ccc([C@@H](C)NC(=O)c3ccc(-c4ccc(C5=N[C@@H](CC(=O)OC)c6nnc(C)n6-c6sc(C)c(C)c65)cc4)c(F)c3F)cc2)c2[nH]cc(C#N)c12. The van der Waals surface area contributed by atoms with Gasteiger partial charge in [0.25, 0.3) is 15.9 Å². The fourth-order valence-corrected chi connectivity index (χ4v) is 10.1. The minimum atomic E-state index is -4.06. The van der Waals surface area contributed by atoms with Gasteiger partial charge in [-0.1, -0.05) is 55.5 Å². The van der Waals surface area contributed by atoms with Crippen LogP contribution in [0.5, 0.6) is 0 Å².